The lowest BCUT2D eigenvalue weighted by atomic mass is 10.2. The fourth-order valence-electron chi connectivity index (χ4n) is 2.00. The minimum Gasteiger partial charge on any atom is -0.344 e. The molecule has 0 unspecified atom stereocenters. The number of carbonyl (C=O) groups is 1. The highest BCUT2D eigenvalue weighted by Gasteiger charge is 2.15. The van der Waals surface area contributed by atoms with Crippen LogP contribution in [0.2, 0.25) is 0 Å². The second-order valence-corrected chi connectivity index (χ2v) is 6.71. The number of benzene rings is 1. The molecule has 2 aromatic rings. The van der Waals surface area contributed by atoms with E-state index in [1.807, 2.05) is 6.07 Å². The first-order valence-corrected chi connectivity index (χ1v) is 7.98. The van der Waals surface area contributed by atoms with Gasteiger partial charge in [-0.25, -0.2) is 8.42 Å². The third-order valence-corrected chi connectivity index (χ3v) is 4.84. The molecule has 108 valence electrons. The van der Waals surface area contributed by atoms with Crippen molar-refractivity contribution in [1.82, 2.24) is 4.57 Å². The van der Waals surface area contributed by atoms with Crippen LogP contribution in [-0.4, -0.2) is 24.5 Å². The van der Waals surface area contributed by atoms with Gasteiger partial charge in [-0.05, 0) is 36.4 Å². The number of aromatic nitrogens is 1. The Labute approximate surface area is 123 Å². The van der Waals surface area contributed by atoms with Gasteiger partial charge < -0.3 is 4.57 Å². The zero-order chi connectivity index (χ0) is 15.5. The Hall–Kier alpha value is -2.39. The fraction of sp³-hybridized carbons (Fsp3) is 0.200. The van der Waals surface area contributed by atoms with Crippen LogP contribution >= 0.6 is 0 Å². The summed E-state index contributed by atoms with van der Waals surface area (Å²) in [6, 6.07) is 11.1. The van der Waals surface area contributed by atoms with E-state index in [1.165, 1.54) is 31.2 Å². The van der Waals surface area contributed by atoms with Crippen molar-refractivity contribution in [3.63, 3.8) is 0 Å². The maximum absolute atomic E-state index is 12.2. The van der Waals surface area contributed by atoms with Gasteiger partial charge in [-0.1, -0.05) is 0 Å². The summed E-state index contributed by atoms with van der Waals surface area (Å²) in [7, 11) is -3.45. The van der Waals surface area contributed by atoms with E-state index in [1.54, 1.807) is 22.9 Å². The number of Topliss-reactive ketones (excluding diaryl/α,β-unsaturated/α-hetero) is 1. The standard InChI is InChI=1S/C15H14N2O3S/c1-12(18)15-3-2-8-17(15)9-10-21(19,20)14-6-4-13(11-16)5-7-14/h2-8H,9-10H2,1H3. The molecule has 2 rings (SSSR count). The first-order valence-electron chi connectivity index (χ1n) is 6.33. The molecular formula is C15H14N2O3S. The molecule has 0 aliphatic carbocycles. The van der Waals surface area contributed by atoms with E-state index in [0.29, 0.717) is 11.3 Å². The first-order chi connectivity index (χ1) is 9.94. The lowest BCUT2D eigenvalue weighted by Gasteiger charge is -2.08. The molecule has 0 bridgehead atoms. The van der Waals surface area contributed by atoms with E-state index in [-0.39, 0.29) is 23.0 Å². The first kappa shape index (κ1) is 15.0. The Morgan fingerprint density at radius 1 is 1.24 bits per heavy atom. The topological polar surface area (TPSA) is 79.9 Å². The van der Waals surface area contributed by atoms with E-state index in [9.17, 15) is 13.2 Å². The smallest absolute Gasteiger partial charge is 0.180 e. The number of hydrogen-bond acceptors (Lipinski definition) is 4. The Balaban J connectivity index is 2.16. The Morgan fingerprint density at radius 3 is 2.48 bits per heavy atom. The van der Waals surface area contributed by atoms with Crippen LogP contribution in [0.25, 0.3) is 0 Å². The third kappa shape index (κ3) is 3.38. The number of aryl methyl sites for hydroxylation is 1. The second-order valence-electron chi connectivity index (χ2n) is 4.60. The Bertz CT molecular complexity index is 796. The monoisotopic (exact) mass is 302 g/mol. The van der Waals surface area contributed by atoms with Crippen molar-refractivity contribution in [3.05, 3.63) is 53.9 Å². The molecule has 0 saturated heterocycles. The molecule has 1 aromatic carbocycles. The minimum absolute atomic E-state index is 0.101. The number of rotatable bonds is 5. The van der Waals surface area contributed by atoms with Crippen LogP contribution in [0.15, 0.2) is 47.5 Å². The molecule has 21 heavy (non-hydrogen) atoms. The molecule has 1 aromatic heterocycles. The molecule has 0 aliphatic heterocycles. The minimum atomic E-state index is -3.45. The van der Waals surface area contributed by atoms with Gasteiger partial charge in [-0.2, -0.15) is 5.26 Å². The lowest BCUT2D eigenvalue weighted by Crippen LogP contribution is -2.15. The number of nitriles is 1. The molecule has 1 heterocycles. The number of nitrogens with zero attached hydrogens (tertiary/aromatic N) is 2. The van der Waals surface area contributed by atoms with E-state index in [4.69, 9.17) is 5.26 Å². The van der Waals surface area contributed by atoms with Crippen molar-refractivity contribution >= 4 is 15.6 Å². The van der Waals surface area contributed by atoms with Crippen molar-refractivity contribution < 1.29 is 13.2 Å². The summed E-state index contributed by atoms with van der Waals surface area (Å²) in [5, 5.41) is 8.71. The molecule has 0 radical (unpaired) electrons. The predicted molar refractivity (Wildman–Crippen MR) is 77.6 cm³/mol. The molecule has 0 fully saturated rings. The van der Waals surface area contributed by atoms with Gasteiger partial charge in [0, 0.05) is 19.7 Å². The number of hydrogen-bond donors (Lipinski definition) is 0. The van der Waals surface area contributed by atoms with Gasteiger partial charge >= 0.3 is 0 Å². The van der Waals surface area contributed by atoms with E-state index >= 15 is 0 Å². The van der Waals surface area contributed by atoms with Gasteiger partial charge in [-0.3, -0.25) is 4.79 Å². The van der Waals surface area contributed by atoms with Gasteiger partial charge in [0.05, 0.1) is 28.0 Å². The van der Waals surface area contributed by atoms with Gasteiger partial charge in [0.2, 0.25) is 0 Å². The number of carbonyl (C=O) groups excluding carboxylic acids is 1. The quantitative estimate of drug-likeness (QED) is 0.792. The maximum Gasteiger partial charge on any atom is 0.180 e. The van der Waals surface area contributed by atoms with Crippen LogP contribution in [0.3, 0.4) is 0 Å². The average Bonchev–Trinajstić information content (AvgIpc) is 2.94. The largest absolute Gasteiger partial charge is 0.344 e. The van der Waals surface area contributed by atoms with E-state index in [0.717, 1.165) is 0 Å². The summed E-state index contributed by atoms with van der Waals surface area (Å²) in [6.07, 6.45) is 1.69. The normalized spacial score (nSPS) is 11.0. The van der Waals surface area contributed by atoms with Crippen LogP contribution < -0.4 is 0 Å². The van der Waals surface area contributed by atoms with E-state index in [2.05, 4.69) is 0 Å². The maximum atomic E-state index is 12.2. The zero-order valence-electron chi connectivity index (χ0n) is 11.5. The van der Waals surface area contributed by atoms with Crippen molar-refractivity contribution in [3.8, 4) is 6.07 Å². The SMILES string of the molecule is CC(=O)c1cccn1CCS(=O)(=O)c1ccc(C#N)cc1. The van der Waals surface area contributed by atoms with E-state index < -0.39 is 9.84 Å². The molecule has 0 atom stereocenters. The molecule has 0 saturated carbocycles. The lowest BCUT2D eigenvalue weighted by molar-refractivity contribution is 0.100. The summed E-state index contributed by atoms with van der Waals surface area (Å²) in [4.78, 5) is 11.6. The molecule has 5 nitrogen and oxygen atoms in total. The summed E-state index contributed by atoms with van der Waals surface area (Å²) in [5.41, 5.74) is 0.906. The summed E-state index contributed by atoms with van der Waals surface area (Å²) < 4.78 is 26.1. The molecule has 6 heteroatoms. The Morgan fingerprint density at radius 2 is 1.90 bits per heavy atom. The van der Waals surface area contributed by atoms with Gasteiger partial charge in [0.15, 0.2) is 15.6 Å². The van der Waals surface area contributed by atoms with Crippen LogP contribution in [0.5, 0.6) is 0 Å². The molecule has 0 N–H and O–H groups in total. The summed E-state index contributed by atoms with van der Waals surface area (Å²) in [5.74, 6) is -0.204. The van der Waals surface area contributed by atoms with Crippen molar-refractivity contribution in [1.29, 1.82) is 5.26 Å². The molecule has 0 spiro atoms. The number of sulfone groups is 1. The highest BCUT2D eigenvalue weighted by molar-refractivity contribution is 7.91. The summed E-state index contributed by atoms with van der Waals surface area (Å²) >= 11 is 0. The number of ketones is 1. The molecule has 0 aliphatic rings. The highest BCUT2D eigenvalue weighted by atomic mass is 32.2. The van der Waals surface area contributed by atoms with Crippen LogP contribution in [0.4, 0.5) is 0 Å². The van der Waals surface area contributed by atoms with Gasteiger partial charge in [0.25, 0.3) is 0 Å². The molecule has 0 amide bonds. The third-order valence-electron chi connectivity index (χ3n) is 3.13. The molecular weight excluding hydrogens is 288 g/mol. The zero-order valence-corrected chi connectivity index (χ0v) is 12.3. The second kappa shape index (κ2) is 5.94. The van der Waals surface area contributed by atoms with Crippen LogP contribution in [0.1, 0.15) is 23.0 Å². The highest BCUT2D eigenvalue weighted by Crippen LogP contribution is 2.13. The van der Waals surface area contributed by atoms with Crippen LogP contribution in [0, 0.1) is 11.3 Å². The van der Waals surface area contributed by atoms with Crippen molar-refractivity contribution in [2.24, 2.45) is 0 Å². The summed E-state index contributed by atoms with van der Waals surface area (Å²) in [6.45, 7) is 1.66. The van der Waals surface area contributed by atoms with Crippen LogP contribution in [-0.2, 0) is 16.4 Å². The fourth-order valence-corrected chi connectivity index (χ4v) is 3.23. The average molecular weight is 302 g/mol. The predicted octanol–water partition coefficient (Wildman–Crippen LogP) is 2.04. The van der Waals surface area contributed by atoms with Gasteiger partial charge in [-0.15, -0.1) is 0 Å². The van der Waals surface area contributed by atoms with Gasteiger partial charge in [0.1, 0.15) is 0 Å². The van der Waals surface area contributed by atoms with Crippen molar-refractivity contribution in [2.75, 3.05) is 5.75 Å². The Kier molecular flexibility index (Phi) is 4.24. The van der Waals surface area contributed by atoms with Crippen molar-refractivity contribution in [2.45, 2.75) is 18.4 Å².